The van der Waals surface area contributed by atoms with Crippen molar-refractivity contribution in [3.8, 4) is 5.75 Å². The average molecular weight is 379 g/mol. The van der Waals surface area contributed by atoms with Crippen LogP contribution in [0.2, 0.25) is 0 Å². The molecule has 1 amide bonds. The Morgan fingerprint density at radius 3 is 2.18 bits per heavy atom. The zero-order chi connectivity index (χ0) is 20.1. The van der Waals surface area contributed by atoms with E-state index in [0.717, 1.165) is 11.3 Å². The molecule has 28 heavy (non-hydrogen) atoms. The maximum absolute atomic E-state index is 12.8. The number of carbonyl (C=O) groups excluding carboxylic acids is 2. The zero-order valence-electron chi connectivity index (χ0n) is 15.9. The van der Waals surface area contributed by atoms with Crippen molar-refractivity contribution in [3.05, 3.63) is 83.4 Å². The first-order valence-corrected chi connectivity index (χ1v) is 8.64. The van der Waals surface area contributed by atoms with Gasteiger partial charge in [0.1, 0.15) is 17.6 Å². The largest absolute Gasteiger partial charge is 0.497 e. The number of nitrogens with zero attached hydrogens (tertiary/aromatic N) is 2. The van der Waals surface area contributed by atoms with Crippen LogP contribution in [0, 0.1) is 0 Å². The summed E-state index contributed by atoms with van der Waals surface area (Å²) in [7, 11) is 4.79. The van der Waals surface area contributed by atoms with E-state index in [1.54, 1.807) is 37.6 Å². The predicted octanol–water partition coefficient (Wildman–Crippen LogP) is 2.73. The maximum Gasteiger partial charge on any atom is 0.337 e. The number of aromatic nitrogens is 2. The van der Waals surface area contributed by atoms with E-state index in [4.69, 9.17) is 4.74 Å². The first-order chi connectivity index (χ1) is 13.5. The summed E-state index contributed by atoms with van der Waals surface area (Å²) >= 11 is 0. The van der Waals surface area contributed by atoms with Crippen LogP contribution in [0.15, 0.2) is 60.9 Å². The molecule has 3 aromatic rings. The van der Waals surface area contributed by atoms with Crippen LogP contribution in [0.5, 0.6) is 5.75 Å². The first kappa shape index (κ1) is 19.2. The Morgan fingerprint density at radius 1 is 1.00 bits per heavy atom. The van der Waals surface area contributed by atoms with Gasteiger partial charge < -0.3 is 19.4 Å². The van der Waals surface area contributed by atoms with Gasteiger partial charge in [0, 0.05) is 25.0 Å². The lowest BCUT2D eigenvalue weighted by molar-refractivity contribution is 0.0600. The van der Waals surface area contributed by atoms with Crippen LogP contribution in [0.25, 0.3) is 0 Å². The summed E-state index contributed by atoms with van der Waals surface area (Å²) in [4.78, 5) is 28.8. The number of esters is 1. The third-order valence-corrected chi connectivity index (χ3v) is 4.41. The highest BCUT2D eigenvalue weighted by Crippen LogP contribution is 2.23. The molecule has 1 unspecified atom stereocenters. The van der Waals surface area contributed by atoms with Crippen LogP contribution < -0.4 is 10.1 Å². The van der Waals surface area contributed by atoms with Crippen LogP contribution in [0.4, 0.5) is 0 Å². The lowest BCUT2D eigenvalue weighted by Crippen LogP contribution is -2.31. The Bertz CT molecular complexity index is 962. The summed E-state index contributed by atoms with van der Waals surface area (Å²) in [5.41, 5.74) is 1.69. The maximum atomic E-state index is 12.8. The third kappa shape index (κ3) is 4.03. The van der Waals surface area contributed by atoms with Gasteiger partial charge in [-0.1, -0.05) is 12.1 Å². The molecule has 1 heterocycles. The monoisotopic (exact) mass is 379 g/mol. The van der Waals surface area contributed by atoms with Gasteiger partial charge in [-0.3, -0.25) is 4.79 Å². The molecule has 3 rings (SSSR count). The van der Waals surface area contributed by atoms with Gasteiger partial charge in [0.15, 0.2) is 0 Å². The van der Waals surface area contributed by atoms with Gasteiger partial charge in [0.25, 0.3) is 5.91 Å². The van der Waals surface area contributed by atoms with Crippen molar-refractivity contribution >= 4 is 11.9 Å². The van der Waals surface area contributed by atoms with E-state index in [9.17, 15) is 9.59 Å². The minimum atomic E-state index is -0.448. The number of hydrogen-bond acceptors (Lipinski definition) is 5. The molecule has 0 saturated carbocycles. The van der Waals surface area contributed by atoms with Crippen molar-refractivity contribution in [2.45, 2.75) is 6.04 Å². The number of benzene rings is 2. The molecule has 0 aliphatic carbocycles. The topological polar surface area (TPSA) is 82.5 Å². The van der Waals surface area contributed by atoms with Gasteiger partial charge in [-0.25, -0.2) is 9.78 Å². The molecule has 2 aromatic carbocycles. The number of nitrogens with one attached hydrogen (secondary N) is 1. The molecule has 7 heteroatoms. The number of ether oxygens (including phenoxy) is 2. The van der Waals surface area contributed by atoms with E-state index in [2.05, 4.69) is 15.0 Å². The van der Waals surface area contributed by atoms with Crippen molar-refractivity contribution in [2.24, 2.45) is 7.05 Å². The average Bonchev–Trinajstić information content (AvgIpc) is 3.17. The molecular weight excluding hydrogens is 358 g/mol. The second-order valence-corrected chi connectivity index (χ2v) is 6.14. The smallest absolute Gasteiger partial charge is 0.337 e. The number of carbonyl (C=O) groups is 2. The summed E-state index contributed by atoms with van der Waals surface area (Å²) in [6.45, 7) is 0. The Kier molecular flexibility index (Phi) is 5.74. The number of methoxy groups -OCH3 is 2. The van der Waals surface area contributed by atoms with E-state index in [1.807, 2.05) is 42.1 Å². The molecule has 1 aromatic heterocycles. The van der Waals surface area contributed by atoms with E-state index < -0.39 is 12.0 Å². The molecule has 0 bridgehead atoms. The van der Waals surface area contributed by atoms with Gasteiger partial charge >= 0.3 is 5.97 Å². The minimum Gasteiger partial charge on any atom is -0.497 e. The van der Waals surface area contributed by atoms with E-state index in [1.165, 1.54) is 7.11 Å². The fourth-order valence-corrected chi connectivity index (χ4v) is 2.84. The molecule has 144 valence electrons. The normalized spacial score (nSPS) is 11.5. The molecule has 0 aliphatic heterocycles. The van der Waals surface area contributed by atoms with Crippen LogP contribution in [-0.4, -0.2) is 35.6 Å². The number of rotatable bonds is 6. The molecular formula is C21H21N3O4. The number of imidazole rings is 1. The third-order valence-electron chi connectivity index (χ3n) is 4.41. The summed E-state index contributed by atoms with van der Waals surface area (Å²) in [5.74, 6) is 0.702. The zero-order valence-corrected chi connectivity index (χ0v) is 15.9. The van der Waals surface area contributed by atoms with Crippen LogP contribution in [0.3, 0.4) is 0 Å². The SMILES string of the molecule is COC(=O)c1ccc(C(=O)NC(c2ccc(OC)cc2)c2nccn2C)cc1. The van der Waals surface area contributed by atoms with Crippen molar-refractivity contribution in [3.63, 3.8) is 0 Å². The van der Waals surface area contributed by atoms with Crippen LogP contribution in [-0.2, 0) is 11.8 Å². The molecule has 1 N–H and O–H groups in total. The number of hydrogen-bond donors (Lipinski definition) is 1. The Balaban J connectivity index is 1.87. The quantitative estimate of drug-likeness (QED) is 0.666. The Hall–Kier alpha value is -3.61. The summed E-state index contributed by atoms with van der Waals surface area (Å²) in [6, 6.07) is 13.3. The van der Waals surface area contributed by atoms with Crippen molar-refractivity contribution < 1.29 is 19.1 Å². The molecule has 0 saturated heterocycles. The van der Waals surface area contributed by atoms with Gasteiger partial charge in [-0.05, 0) is 42.0 Å². The molecule has 7 nitrogen and oxygen atoms in total. The highest BCUT2D eigenvalue weighted by molar-refractivity contribution is 5.96. The van der Waals surface area contributed by atoms with E-state index >= 15 is 0 Å². The molecule has 0 fully saturated rings. The highest BCUT2D eigenvalue weighted by Gasteiger charge is 2.21. The number of amides is 1. The van der Waals surface area contributed by atoms with Gasteiger partial charge in [0.05, 0.1) is 19.8 Å². The predicted molar refractivity (Wildman–Crippen MR) is 103 cm³/mol. The van der Waals surface area contributed by atoms with Gasteiger partial charge in [-0.15, -0.1) is 0 Å². The molecule has 0 radical (unpaired) electrons. The van der Waals surface area contributed by atoms with Gasteiger partial charge in [0.2, 0.25) is 0 Å². The second-order valence-electron chi connectivity index (χ2n) is 6.14. The molecule has 0 aliphatic rings. The molecule has 1 atom stereocenters. The van der Waals surface area contributed by atoms with Crippen molar-refractivity contribution in [1.29, 1.82) is 0 Å². The van der Waals surface area contributed by atoms with Crippen molar-refractivity contribution in [1.82, 2.24) is 14.9 Å². The lowest BCUT2D eigenvalue weighted by Gasteiger charge is -2.19. The second kappa shape index (κ2) is 8.39. The van der Waals surface area contributed by atoms with E-state index in [-0.39, 0.29) is 5.91 Å². The minimum absolute atomic E-state index is 0.278. The highest BCUT2D eigenvalue weighted by atomic mass is 16.5. The number of aryl methyl sites for hydroxylation is 1. The standard InChI is InChI=1S/C21H21N3O4/c1-24-13-12-22-19(24)18(14-8-10-17(27-2)11-9-14)23-20(25)15-4-6-16(7-5-15)21(26)28-3/h4-13,18H,1-3H3,(H,23,25). The Labute approximate surface area is 162 Å². The van der Waals surface area contributed by atoms with E-state index in [0.29, 0.717) is 17.0 Å². The van der Waals surface area contributed by atoms with Crippen LogP contribution >= 0.6 is 0 Å². The van der Waals surface area contributed by atoms with Gasteiger partial charge in [-0.2, -0.15) is 0 Å². The van der Waals surface area contributed by atoms with Crippen LogP contribution in [0.1, 0.15) is 38.1 Å². The Morgan fingerprint density at radius 2 is 1.64 bits per heavy atom. The fraction of sp³-hybridized carbons (Fsp3) is 0.190. The lowest BCUT2D eigenvalue weighted by atomic mass is 10.0. The van der Waals surface area contributed by atoms with Crippen molar-refractivity contribution in [2.75, 3.05) is 14.2 Å². The fourth-order valence-electron chi connectivity index (χ4n) is 2.84. The first-order valence-electron chi connectivity index (χ1n) is 8.64. The summed E-state index contributed by atoms with van der Waals surface area (Å²) < 4.78 is 11.7. The molecule has 0 spiro atoms. The summed E-state index contributed by atoms with van der Waals surface area (Å²) in [5, 5.41) is 3.01. The summed E-state index contributed by atoms with van der Waals surface area (Å²) in [6.07, 6.45) is 3.51.